The Balaban J connectivity index is 2.93. The van der Waals surface area contributed by atoms with Crippen LogP contribution in [0.5, 0.6) is 0 Å². The van der Waals surface area contributed by atoms with Gasteiger partial charge in [-0.15, -0.1) is 10.2 Å². The maximum atomic E-state index is 10.2. The molecule has 42 valence electrons. The zero-order chi connectivity index (χ0) is 5.98. The Morgan fingerprint density at radius 2 is 2.50 bits per heavy atom. The number of thiol groups is 1. The molecule has 0 saturated carbocycles. The number of rotatable bonds is 1. The molecule has 0 fully saturated rings. The number of aromatic nitrogens is 4. The van der Waals surface area contributed by atoms with Crippen LogP contribution in [0.15, 0.2) is 0 Å². The molecule has 0 atom stereocenters. The van der Waals surface area contributed by atoms with Gasteiger partial charge in [-0.2, -0.15) is 5.21 Å². The lowest BCUT2D eigenvalue weighted by Crippen LogP contribution is -1.90. The first-order valence-electron chi connectivity index (χ1n) is 1.77. The lowest BCUT2D eigenvalue weighted by molar-refractivity contribution is 0.108. The van der Waals surface area contributed by atoms with Crippen molar-refractivity contribution in [2.24, 2.45) is 0 Å². The van der Waals surface area contributed by atoms with E-state index in [9.17, 15) is 4.79 Å². The average molecular weight is 130 g/mol. The molecule has 1 rings (SSSR count). The van der Waals surface area contributed by atoms with Crippen LogP contribution in [0.1, 0.15) is 10.6 Å². The van der Waals surface area contributed by atoms with Gasteiger partial charge in [0.2, 0.25) is 0 Å². The topological polar surface area (TPSA) is 71.5 Å². The first-order valence-corrected chi connectivity index (χ1v) is 2.22. The molecule has 0 radical (unpaired) electrons. The number of hydrogen-bond donors (Lipinski definition) is 2. The number of aromatic amines is 1. The van der Waals surface area contributed by atoms with Gasteiger partial charge in [0, 0.05) is 0 Å². The van der Waals surface area contributed by atoms with Crippen molar-refractivity contribution in [3.8, 4) is 0 Å². The highest BCUT2D eigenvalue weighted by atomic mass is 32.1. The predicted molar refractivity (Wildman–Crippen MR) is 27.5 cm³/mol. The maximum Gasteiger partial charge on any atom is 0.257 e. The fourth-order valence-electron chi connectivity index (χ4n) is 0.252. The van der Waals surface area contributed by atoms with Crippen LogP contribution >= 0.6 is 12.6 Å². The minimum Gasteiger partial charge on any atom is -0.278 e. The summed E-state index contributed by atoms with van der Waals surface area (Å²) in [6, 6.07) is 0. The lowest BCUT2D eigenvalue weighted by Gasteiger charge is -1.73. The molecular weight excluding hydrogens is 128 g/mol. The van der Waals surface area contributed by atoms with Crippen LogP contribution in [0.3, 0.4) is 0 Å². The molecule has 0 spiro atoms. The van der Waals surface area contributed by atoms with Crippen LogP contribution in [0.25, 0.3) is 0 Å². The smallest absolute Gasteiger partial charge is 0.257 e. The van der Waals surface area contributed by atoms with Crippen LogP contribution in [0, 0.1) is 0 Å². The fraction of sp³-hybridized carbons (Fsp3) is 0. The first-order chi connectivity index (χ1) is 3.80. The Labute approximate surface area is 49.9 Å². The second-order valence-corrected chi connectivity index (χ2v) is 1.45. The second kappa shape index (κ2) is 1.91. The number of tetrazole rings is 1. The molecule has 0 bridgehead atoms. The molecule has 1 heterocycles. The zero-order valence-corrected chi connectivity index (χ0v) is 4.59. The normalized spacial score (nSPS) is 9.12. The fourth-order valence-corrected chi connectivity index (χ4v) is 0.347. The molecule has 1 aromatic rings. The average Bonchev–Trinajstić information content (AvgIpc) is 2.12. The van der Waals surface area contributed by atoms with E-state index in [2.05, 4.69) is 33.3 Å². The van der Waals surface area contributed by atoms with Crippen LogP contribution < -0.4 is 0 Å². The van der Waals surface area contributed by atoms with E-state index >= 15 is 0 Å². The van der Waals surface area contributed by atoms with Crippen LogP contribution in [-0.2, 0) is 0 Å². The number of hydrogen-bond acceptors (Lipinski definition) is 4. The molecule has 0 saturated heterocycles. The lowest BCUT2D eigenvalue weighted by atomic mass is 10.7. The van der Waals surface area contributed by atoms with E-state index in [1.165, 1.54) is 0 Å². The van der Waals surface area contributed by atoms with E-state index in [1.54, 1.807) is 0 Å². The van der Waals surface area contributed by atoms with E-state index in [0.29, 0.717) is 0 Å². The molecule has 5 nitrogen and oxygen atoms in total. The summed E-state index contributed by atoms with van der Waals surface area (Å²) >= 11 is 3.43. The molecule has 0 aliphatic heterocycles. The minimum atomic E-state index is -0.487. The van der Waals surface area contributed by atoms with Crippen molar-refractivity contribution in [2.75, 3.05) is 0 Å². The number of nitrogens with zero attached hydrogens (tertiary/aromatic N) is 3. The van der Waals surface area contributed by atoms with Gasteiger partial charge in [-0.1, -0.05) is 12.6 Å². The number of H-pyrrole nitrogens is 1. The van der Waals surface area contributed by atoms with Gasteiger partial charge < -0.3 is 0 Å². The molecule has 1 N–H and O–H groups in total. The number of nitrogens with one attached hydrogen (secondary N) is 1. The second-order valence-electron chi connectivity index (χ2n) is 1.04. The van der Waals surface area contributed by atoms with Crippen molar-refractivity contribution in [1.82, 2.24) is 20.6 Å². The zero-order valence-electron chi connectivity index (χ0n) is 3.70. The number of carbonyl (C=O) groups excluding carboxylic acids is 1. The van der Waals surface area contributed by atoms with Gasteiger partial charge in [-0.25, -0.2) is 0 Å². The molecule has 0 unspecified atom stereocenters. The monoisotopic (exact) mass is 130 g/mol. The SMILES string of the molecule is O=C(S)c1nn[nH]n1. The Kier molecular flexibility index (Phi) is 1.25. The van der Waals surface area contributed by atoms with E-state index in [1.807, 2.05) is 0 Å². The minimum absolute atomic E-state index is 0.00617. The summed E-state index contributed by atoms with van der Waals surface area (Å²) in [5, 5.41) is 11.4. The molecule has 0 aromatic carbocycles. The molecule has 1 aromatic heterocycles. The van der Waals surface area contributed by atoms with Gasteiger partial charge in [0.15, 0.2) is 0 Å². The molecule has 0 aliphatic rings. The van der Waals surface area contributed by atoms with Crippen LogP contribution in [0.2, 0.25) is 0 Å². The maximum absolute atomic E-state index is 10.2. The van der Waals surface area contributed by atoms with Crippen LogP contribution in [-0.4, -0.2) is 25.7 Å². The quantitative estimate of drug-likeness (QED) is 0.491. The van der Waals surface area contributed by atoms with Crippen molar-refractivity contribution < 1.29 is 4.79 Å². The number of carbonyl (C=O) groups is 1. The van der Waals surface area contributed by atoms with Gasteiger partial charge >= 0.3 is 0 Å². The molecule has 0 aliphatic carbocycles. The van der Waals surface area contributed by atoms with Crippen LogP contribution in [0.4, 0.5) is 0 Å². The Bertz CT molecular complexity index is 182. The van der Waals surface area contributed by atoms with Gasteiger partial charge in [-0.05, 0) is 5.21 Å². The van der Waals surface area contributed by atoms with Gasteiger partial charge in [-0.3, -0.25) is 4.79 Å². The van der Waals surface area contributed by atoms with Crippen molar-refractivity contribution in [3.63, 3.8) is 0 Å². The summed E-state index contributed by atoms with van der Waals surface area (Å²) in [6.45, 7) is 0. The van der Waals surface area contributed by atoms with Gasteiger partial charge in [0.25, 0.3) is 10.9 Å². The summed E-state index contributed by atoms with van der Waals surface area (Å²) in [6.07, 6.45) is 0. The Morgan fingerprint density at radius 3 is 2.75 bits per heavy atom. The van der Waals surface area contributed by atoms with E-state index in [0.717, 1.165) is 0 Å². The highest BCUT2D eigenvalue weighted by molar-refractivity contribution is 7.97. The summed E-state index contributed by atoms with van der Waals surface area (Å²) in [5.41, 5.74) is 0. The molecule has 6 heteroatoms. The van der Waals surface area contributed by atoms with E-state index in [-0.39, 0.29) is 5.82 Å². The predicted octanol–water partition coefficient (Wildman–Crippen LogP) is -0.730. The molecule has 8 heavy (non-hydrogen) atoms. The largest absolute Gasteiger partial charge is 0.278 e. The third-order valence-electron chi connectivity index (χ3n) is 0.537. The summed E-state index contributed by atoms with van der Waals surface area (Å²) < 4.78 is 0. The highest BCUT2D eigenvalue weighted by Crippen LogP contribution is 1.87. The summed E-state index contributed by atoms with van der Waals surface area (Å²) in [4.78, 5) is 10.2. The van der Waals surface area contributed by atoms with E-state index in [4.69, 9.17) is 0 Å². The third kappa shape index (κ3) is 0.836. The molecular formula is C2H2N4OS. The van der Waals surface area contributed by atoms with Crippen molar-refractivity contribution in [2.45, 2.75) is 0 Å². The van der Waals surface area contributed by atoms with E-state index < -0.39 is 5.12 Å². The van der Waals surface area contributed by atoms with Gasteiger partial charge in [0.1, 0.15) is 0 Å². The standard InChI is InChI=1S/C2H2N4OS/c7-2(8)1-3-5-6-4-1/h(H,7,8)(H,3,4,5,6). The molecule has 0 amide bonds. The third-order valence-corrected chi connectivity index (χ3v) is 0.737. The van der Waals surface area contributed by atoms with Crippen molar-refractivity contribution in [3.05, 3.63) is 5.82 Å². The van der Waals surface area contributed by atoms with Gasteiger partial charge in [0.05, 0.1) is 0 Å². The highest BCUT2D eigenvalue weighted by Gasteiger charge is 2.02. The Hall–Kier alpha value is -0.910. The van der Waals surface area contributed by atoms with Crippen molar-refractivity contribution in [1.29, 1.82) is 0 Å². The Morgan fingerprint density at radius 1 is 1.75 bits per heavy atom. The van der Waals surface area contributed by atoms with Crippen molar-refractivity contribution >= 4 is 17.7 Å². The summed E-state index contributed by atoms with van der Waals surface area (Å²) in [5.74, 6) is -0.00617. The summed E-state index contributed by atoms with van der Waals surface area (Å²) in [7, 11) is 0. The first kappa shape index (κ1) is 5.23.